The summed E-state index contributed by atoms with van der Waals surface area (Å²) in [6.45, 7) is 0.431. The van der Waals surface area contributed by atoms with Crippen molar-refractivity contribution < 1.29 is 14.3 Å². The van der Waals surface area contributed by atoms with Gasteiger partial charge in [0, 0.05) is 35.3 Å². The Hall–Kier alpha value is -2.08. The molecule has 0 aromatic heterocycles. The topological polar surface area (TPSA) is 87.6 Å². The van der Waals surface area contributed by atoms with E-state index in [1.54, 1.807) is 50.6 Å². The van der Waals surface area contributed by atoms with Crippen molar-refractivity contribution in [3.63, 3.8) is 0 Å². The molecule has 0 spiro atoms. The molecule has 0 aliphatic heterocycles. The van der Waals surface area contributed by atoms with E-state index < -0.39 is 0 Å². The normalized spacial score (nSPS) is 9.91. The minimum Gasteiger partial charge on any atom is -0.496 e. The van der Waals surface area contributed by atoms with E-state index in [0.29, 0.717) is 33.8 Å². The number of hydrogen-bond donors (Lipinski definition) is 2. The molecule has 6 heteroatoms. The van der Waals surface area contributed by atoms with Gasteiger partial charge in [0.25, 0.3) is 0 Å². The average Bonchev–Trinajstić information content (AvgIpc) is 2.59. The van der Waals surface area contributed by atoms with Crippen LogP contribution in [0.1, 0.15) is 27.0 Å². The molecule has 0 bridgehead atoms. The van der Waals surface area contributed by atoms with Crippen LogP contribution >= 0.6 is 12.4 Å². The van der Waals surface area contributed by atoms with Gasteiger partial charge in [0.1, 0.15) is 11.5 Å². The molecule has 0 heterocycles. The van der Waals surface area contributed by atoms with E-state index in [9.17, 15) is 4.79 Å². The summed E-state index contributed by atoms with van der Waals surface area (Å²) >= 11 is 0. The fraction of sp³-hybridized carbons (Fsp3) is 0.235. The third-order valence-electron chi connectivity index (χ3n) is 3.60. The van der Waals surface area contributed by atoms with Crippen molar-refractivity contribution in [2.45, 2.75) is 13.1 Å². The Morgan fingerprint density at radius 2 is 1.26 bits per heavy atom. The minimum absolute atomic E-state index is 0. The lowest BCUT2D eigenvalue weighted by Crippen LogP contribution is -2.14. The van der Waals surface area contributed by atoms with Gasteiger partial charge in [-0.1, -0.05) is 24.3 Å². The van der Waals surface area contributed by atoms with Gasteiger partial charge in [0.05, 0.1) is 14.2 Å². The molecule has 0 saturated carbocycles. The van der Waals surface area contributed by atoms with E-state index in [0.717, 1.165) is 0 Å². The van der Waals surface area contributed by atoms with Crippen LogP contribution in [0.3, 0.4) is 0 Å². The summed E-state index contributed by atoms with van der Waals surface area (Å²) < 4.78 is 10.6. The number of rotatable bonds is 6. The van der Waals surface area contributed by atoms with Crippen molar-refractivity contribution in [3.8, 4) is 11.5 Å². The summed E-state index contributed by atoms with van der Waals surface area (Å²) in [7, 11) is 3.11. The number of carbonyl (C=O) groups excluding carboxylic acids is 1. The third-order valence-corrected chi connectivity index (χ3v) is 3.60. The Morgan fingerprint density at radius 1 is 0.870 bits per heavy atom. The van der Waals surface area contributed by atoms with Gasteiger partial charge in [0.15, 0.2) is 5.78 Å². The van der Waals surface area contributed by atoms with Crippen LogP contribution in [0.2, 0.25) is 0 Å². The van der Waals surface area contributed by atoms with Gasteiger partial charge >= 0.3 is 0 Å². The maximum absolute atomic E-state index is 12.9. The number of hydrogen-bond acceptors (Lipinski definition) is 5. The molecule has 2 aromatic rings. The summed E-state index contributed by atoms with van der Waals surface area (Å²) in [5.41, 5.74) is 14.0. The van der Waals surface area contributed by atoms with Gasteiger partial charge in [0.2, 0.25) is 0 Å². The van der Waals surface area contributed by atoms with E-state index in [4.69, 9.17) is 20.9 Å². The molecular formula is C17H21ClN2O3. The van der Waals surface area contributed by atoms with Gasteiger partial charge in [-0.3, -0.25) is 4.79 Å². The van der Waals surface area contributed by atoms with Crippen molar-refractivity contribution in [3.05, 3.63) is 58.7 Å². The number of nitrogens with two attached hydrogens (primary N) is 2. The van der Waals surface area contributed by atoms with E-state index in [-0.39, 0.29) is 31.3 Å². The predicted molar refractivity (Wildman–Crippen MR) is 92.5 cm³/mol. The highest BCUT2D eigenvalue weighted by Gasteiger charge is 2.20. The zero-order valence-electron chi connectivity index (χ0n) is 13.2. The molecule has 0 radical (unpaired) electrons. The summed E-state index contributed by atoms with van der Waals surface area (Å²) in [6.07, 6.45) is 0. The maximum Gasteiger partial charge on any atom is 0.193 e. The molecule has 0 amide bonds. The van der Waals surface area contributed by atoms with Crippen LogP contribution in [0.15, 0.2) is 36.4 Å². The zero-order chi connectivity index (χ0) is 16.1. The average molecular weight is 337 g/mol. The van der Waals surface area contributed by atoms with E-state index in [1.807, 2.05) is 0 Å². The number of benzene rings is 2. The largest absolute Gasteiger partial charge is 0.496 e. The van der Waals surface area contributed by atoms with Crippen molar-refractivity contribution in [2.75, 3.05) is 14.2 Å². The number of ketones is 1. The number of methoxy groups -OCH3 is 2. The molecule has 0 unspecified atom stereocenters. The van der Waals surface area contributed by atoms with Gasteiger partial charge in [-0.05, 0) is 12.1 Å². The Morgan fingerprint density at radius 3 is 1.57 bits per heavy atom. The van der Waals surface area contributed by atoms with E-state index >= 15 is 0 Å². The first-order chi connectivity index (χ1) is 10.7. The van der Waals surface area contributed by atoms with Crippen molar-refractivity contribution in [2.24, 2.45) is 11.5 Å². The molecule has 2 aromatic carbocycles. The first-order valence-electron chi connectivity index (χ1n) is 6.94. The summed E-state index contributed by atoms with van der Waals surface area (Å²) in [5.74, 6) is 1.06. The molecule has 0 atom stereocenters. The fourth-order valence-electron chi connectivity index (χ4n) is 2.51. The second-order valence-corrected chi connectivity index (χ2v) is 4.71. The molecule has 5 nitrogen and oxygen atoms in total. The van der Waals surface area contributed by atoms with Gasteiger partial charge in [-0.2, -0.15) is 0 Å². The quantitative estimate of drug-likeness (QED) is 0.790. The Bertz CT molecular complexity index is 632. The standard InChI is InChI=1S/C17H20N2O3.ClH/c1-21-15-7-3-5-11(13(15)9-18)17(20)12-6-4-8-16(22-2)14(12)10-19;/h3-8H,9-10,18-19H2,1-2H3;1H. The highest BCUT2D eigenvalue weighted by atomic mass is 35.5. The smallest absolute Gasteiger partial charge is 0.193 e. The Kier molecular flexibility index (Phi) is 7.03. The first kappa shape index (κ1) is 19.0. The number of ether oxygens (including phenoxy) is 2. The molecule has 4 N–H and O–H groups in total. The zero-order valence-corrected chi connectivity index (χ0v) is 14.0. The summed E-state index contributed by atoms with van der Waals surface area (Å²) in [6, 6.07) is 10.6. The molecule has 0 fully saturated rings. The first-order valence-corrected chi connectivity index (χ1v) is 6.94. The molecule has 23 heavy (non-hydrogen) atoms. The SMILES string of the molecule is COc1cccc(C(=O)c2cccc(OC)c2CN)c1CN.Cl. The Labute approximate surface area is 142 Å². The molecule has 124 valence electrons. The maximum atomic E-state index is 12.9. The number of halogens is 1. The van der Waals surface area contributed by atoms with Crippen LogP contribution in [-0.4, -0.2) is 20.0 Å². The predicted octanol–water partition coefficient (Wildman–Crippen LogP) is 2.27. The van der Waals surface area contributed by atoms with Crippen molar-refractivity contribution in [1.29, 1.82) is 0 Å². The van der Waals surface area contributed by atoms with Crippen LogP contribution in [0.5, 0.6) is 11.5 Å². The summed E-state index contributed by atoms with van der Waals surface area (Å²) in [5, 5.41) is 0. The fourth-order valence-corrected chi connectivity index (χ4v) is 2.51. The van der Waals surface area contributed by atoms with Crippen LogP contribution in [0.4, 0.5) is 0 Å². The van der Waals surface area contributed by atoms with Crippen LogP contribution in [-0.2, 0) is 13.1 Å². The van der Waals surface area contributed by atoms with E-state index in [2.05, 4.69) is 0 Å². The lowest BCUT2D eigenvalue weighted by molar-refractivity contribution is 0.103. The molecule has 0 saturated heterocycles. The monoisotopic (exact) mass is 336 g/mol. The molecule has 2 rings (SSSR count). The van der Waals surface area contributed by atoms with Gasteiger partial charge in [-0.15, -0.1) is 12.4 Å². The Balaban J connectivity index is 0.00000264. The highest BCUT2D eigenvalue weighted by molar-refractivity contribution is 6.11. The molecule has 0 aliphatic carbocycles. The highest BCUT2D eigenvalue weighted by Crippen LogP contribution is 2.28. The van der Waals surface area contributed by atoms with Crippen molar-refractivity contribution in [1.82, 2.24) is 0 Å². The lowest BCUT2D eigenvalue weighted by Gasteiger charge is -2.15. The molecular weight excluding hydrogens is 316 g/mol. The van der Waals surface area contributed by atoms with E-state index in [1.165, 1.54) is 0 Å². The second-order valence-electron chi connectivity index (χ2n) is 4.71. The van der Waals surface area contributed by atoms with Crippen molar-refractivity contribution >= 4 is 18.2 Å². The van der Waals surface area contributed by atoms with Crippen LogP contribution in [0.25, 0.3) is 0 Å². The van der Waals surface area contributed by atoms with Crippen LogP contribution < -0.4 is 20.9 Å². The minimum atomic E-state index is -0.140. The third kappa shape index (κ3) is 3.64. The molecule has 0 aliphatic rings. The summed E-state index contributed by atoms with van der Waals surface area (Å²) in [4.78, 5) is 12.9. The second kappa shape index (κ2) is 8.53. The number of carbonyl (C=O) groups is 1. The lowest BCUT2D eigenvalue weighted by atomic mass is 9.94. The van der Waals surface area contributed by atoms with Gasteiger partial charge < -0.3 is 20.9 Å². The van der Waals surface area contributed by atoms with Crippen LogP contribution in [0, 0.1) is 0 Å². The van der Waals surface area contributed by atoms with Gasteiger partial charge in [-0.25, -0.2) is 0 Å².